The number of anilines is 2. The lowest BCUT2D eigenvalue weighted by Crippen LogP contribution is -2.45. The van der Waals surface area contributed by atoms with Crippen LogP contribution in [0.2, 0.25) is 0 Å². The van der Waals surface area contributed by atoms with Gasteiger partial charge in [0.1, 0.15) is 5.75 Å². The van der Waals surface area contributed by atoms with Crippen LogP contribution in [0.15, 0.2) is 42.5 Å². The monoisotopic (exact) mass is 447 g/mol. The first-order chi connectivity index (χ1) is 16.0. The van der Waals surface area contributed by atoms with Gasteiger partial charge in [0.05, 0.1) is 18.1 Å². The fourth-order valence-corrected chi connectivity index (χ4v) is 5.03. The smallest absolute Gasteiger partial charge is 0.257 e. The first kappa shape index (κ1) is 21.5. The van der Waals surface area contributed by atoms with Gasteiger partial charge in [0.2, 0.25) is 11.8 Å². The van der Waals surface area contributed by atoms with Crippen molar-refractivity contribution < 1.29 is 19.1 Å². The molecule has 33 heavy (non-hydrogen) atoms. The van der Waals surface area contributed by atoms with Gasteiger partial charge in [-0.05, 0) is 56.5 Å². The van der Waals surface area contributed by atoms with Crippen LogP contribution in [0.25, 0.3) is 0 Å². The number of piperidine rings is 1. The molecule has 0 radical (unpaired) electrons. The van der Waals surface area contributed by atoms with E-state index in [2.05, 4.69) is 5.32 Å². The second-order valence-electron chi connectivity index (χ2n) is 9.23. The number of ether oxygens (including phenoxy) is 1. The van der Waals surface area contributed by atoms with Crippen molar-refractivity contribution in [1.82, 2.24) is 4.90 Å². The number of carbonyl (C=O) groups is 3. The fraction of sp³-hybridized carbons (Fsp3) is 0.423. The van der Waals surface area contributed by atoms with Crippen molar-refractivity contribution in [3.63, 3.8) is 0 Å². The molecule has 7 heteroatoms. The lowest BCUT2D eigenvalue weighted by molar-refractivity contribution is -0.122. The van der Waals surface area contributed by atoms with E-state index in [1.165, 1.54) is 0 Å². The Morgan fingerprint density at radius 3 is 2.70 bits per heavy atom. The highest BCUT2D eigenvalue weighted by molar-refractivity contribution is 6.04. The van der Waals surface area contributed by atoms with Crippen molar-refractivity contribution in [3.05, 3.63) is 53.6 Å². The molecular formula is C26H29N3O4. The summed E-state index contributed by atoms with van der Waals surface area (Å²) in [6.45, 7) is 3.68. The lowest BCUT2D eigenvalue weighted by Gasteiger charge is -2.37. The number of carbonyl (C=O) groups excluding carboxylic acids is 3. The number of amides is 3. The average molecular weight is 448 g/mol. The van der Waals surface area contributed by atoms with E-state index in [1.807, 2.05) is 36.1 Å². The fourth-order valence-electron chi connectivity index (χ4n) is 5.03. The van der Waals surface area contributed by atoms with Crippen LogP contribution in [0.3, 0.4) is 0 Å². The van der Waals surface area contributed by atoms with Gasteiger partial charge in [-0.15, -0.1) is 0 Å². The number of hydrogen-bond donors (Lipinski definition) is 1. The molecule has 2 atom stereocenters. The van der Waals surface area contributed by atoms with Crippen molar-refractivity contribution in [3.8, 4) is 5.75 Å². The van der Waals surface area contributed by atoms with E-state index in [4.69, 9.17) is 4.74 Å². The van der Waals surface area contributed by atoms with Crippen LogP contribution < -0.4 is 15.0 Å². The minimum atomic E-state index is -0.445. The maximum Gasteiger partial charge on any atom is 0.257 e. The zero-order valence-electron chi connectivity index (χ0n) is 18.9. The Morgan fingerprint density at radius 1 is 1.06 bits per heavy atom. The van der Waals surface area contributed by atoms with Gasteiger partial charge in [-0.25, -0.2) is 0 Å². The molecule has 0 bridgehead atoms. The summed E-state index contributed by atoms with van der Waals surface area (Å²) in [5, 5.41) is 2.92. The maximum atomic E-state index is 13.3. The Kier molecular flexibility index (Phi) is 5.79. The van der Waals surface area contributed by atoms with Gasteiger partial charge in [-0.1, -0.05) is 17.7 Å². The first-order valence-corrected chi connectivity index (χ1v) is 11.8. The number of nitrogens with zero attached hydrogens (tertiary/aromatic N) is 2. The molecular weight excluding hydrogens is 418 g/mol. The average Bonchev–Trinajstić information content (AvgIpc) is 3.21. The van der Waals surface area contributed by atoms with Crippen LogP contribution in [0.4, 0.5) is 11.4 Å². The summed E-state index contributed by atoms with van der Waals surface area (Å²) in [5.74, 6) is -0.195. The maximum absolute atomic E-state index is 13.3. The van der Waals surface area contributed by atoms with Gasteiger partial charge < -0.3 is 19.9 Å². The van der Waals surface area contributed by atoms with Gasteiger partial charge in [0.15, 0.2) is 0 Å². The normalized spacial score (nSPS) is 22.7. The summed E-state index contributed by atoms with van der Waals surface area (Å²) in [4.78, 5) is 42.4. The van der Waals surface area contributed by atoms with Crippen LogP contribution in [0.5, 0.6) is 5.75 Å². The first-order valence-electron chi connectivity index (χ1n) is 11.8. The van der Waals surface area contributed by atoms with E-state index in [1.54, 1.807) is 23.1 Å². The van der Waals surface area contributed by atoms with E-state index in [9.17, 15) is 14.4 Å². The molecule has 1 N–H and O–H groups in total. The van der Waals surface area contributed by atoms with Crippen LogP contribution in [0.1, 0.15) is 48.0 Å². The van der Waals surface area contributed by atoms with Gasteiger partial charge in [-0.2, -0.15) is 0 Å². The summed E-state index contributed by atoms with van der Waals surface area (Å²) >= 11 is 0. The van der Waals surface area contributed by atoms with Crippen LogP contribution in [-0.2, 0) is 9.59 Å². The number of fused-ring (bicyclic) bond motifs is 2. The molecule has 5 rings (SSSR count). The Bertz CT molecular complexity index is 1080. The molecule has 0 unspecified atom stereocenters. The SMILES string of the molecule is Cc1ccc(N2C[C@@H](C(=O)Nc3ccc4c(c3)C(=O)N3CCCC[C@H]3CCO4)CC2=O)cc1. The largest absolute Gasteiger partial charge is 0.493 e. The predicted octanol–water partition coefficient (Wildman–Crippen LogP) is 3.76. The zero-order chi connectivity index (χ0) is 22.9. The minimum Gasteiger partial charge on any atom is -0.493 e. The quantitative estimate of drug-likeness (QED) is 0.777. The van der Waals surface area contributed by atoms with Crippen LogP contribution in [-0.4, -0.2) is 48.4 Å². The van der Waals surface area contributed by atoms with Gasteiger partial charge in [-0.3, -0.25) is 14.4 Å². The molecule has 3 aliphatic rings. The Morgan fingerprint density at radius 2 is 1.88 bits per heavy atom. The number of nitrogens with one attached hydrogen (secondary N) is 1. The summed E-state index contributed by atoms with van der Waals surface area (Å²) in [6, 6.07) is 13.2. The summed E-state index contributed by atoms with van der Waals surface area (Å²) in [6.07, 6.45) is 4.17. The second kappa shape index (κ2) is 8.89. The van der Waals surface area contributed by atoms with Crippen LogP contribution >= 0.6 is 0 Å². The van der Waals surface area contributed by atoms with Crippen molar-refractivity contribution in [2.24, 2.45) is 5.92 Å². The molecule has 0 saturated carbocycles. The zero-order valence-corrected chi connectivity index (χ0v) is 18.9. The molecule has 3 heterocycles. The molecule has 7 nitrogen and oxygen atoms in total. The highest BCUT2D eigenvalue weighted by atomic mass is 16.5. The molecule has 3 aliphatic heterocycles. The minimum absolute atomic E-state index is 0.0351. The molecule has 2 aromatic carbocycles. The molecule has 0 spiro atoms. The Balaban J connectivity index is 1.31. The summed E-state index contributed by atoms with van der Waals surface area (Å²) in [7, 11) is 0. The number of benzene rings is 2. The van der Waals surface area contributed by atoms with Gasteiger partial charge >= 0.3 is 0 Å². The second-order valence-corrected chi connectivity index (χ2v) is 9.23. The van der Waals surface area contributed by atoms with E-state index >= 15 is 0 Å². The topological polar surface area (TPSA) is 79.0 Å². The van der Waals surface area contributed by atoms with Crippen molar-refractivity contribution in [2.75, 3.05) is 29.9 Å². The predicted molar refractivity (Wildman–Crippen MR) is 125 cm³/mol. The Labute approximate surface area is 193 Å². The van der Waals surface area contributed by atoms with E-state index in [0.29, 0.717) is 30.2 Å². The van der Waals surface area contributed by atoms with Crippen molar-refractivity contribution >= 4 is 29.1 Å². The van der Waals surface area contributed by atoms with Gasteiger partial charge in [0.25, 0.3) is 5.91 Å². The Hall–Kier alpha value is -3.35. The molecule has 0 aliphatic carbocycles. The molecule has 2 aromatic rings. The third-order valence-electron chi connectivity index (χ3n) is 6.92. The summed E-state index contributed by atoms with van der Waals surface area (Å²) in [5.41, 5.74) is 2.96. The molecule has 0 aromatic heterocycles. The third kappa shape index (κ3) is 4.32. The standard InChI is InChI=1S/C26H29N3O4/c1-17-5-8-21(9-6-17)29-16-18(14-24(29)30)25(31)27-19-7-10-23-22(15-19)26(32)28-12-3-2-4-20(28)11-13-33-23/h5-10,15,18,20H,2-4,11-14,16H2,1H3,(H,27,31)/t18-,20-/m0/s1. The number of hydrogen-bond acceptors (Lipinski definition) is 4. The van der Waals surface area contributed by atoms with E-state index in [0.717, 1.165) is 43.5 Å². The van der Waals surface area contributed by atoms with Gasteiger partial charge in [0, 0.05) is 43.3 Å². The van der Waals surface area contributed by atoms with E-state index < -0.39 is 5.92 Å². The van der Waals surface area contributed by atoms with Crippen molar-refractivity contribution in [2.45, 2.75) is 45.1 Å². The number of rotatable bonds is 3. The molecule has 2 saturated heterocycles. The third-order valence-corrected chi connectivity index (χ3v) is 6.92. The highest BCUT2D eigenvalue weighted by Crippen LogP contribution is 2.32. The molecule has 2 fully saturated rings. The molecule has 172 valence electrons. The van der Waals surface area contributed by atoms with Crippen LogP contribution in [0, 0.1) is 12.8 Å². The van der Waals surface area contributed by atoms with Crippen molar-refractivity contribution in [1.29, 1.82) is 0 Å². The summed E-state index contributed by atoms with van der Waals surface area (Å²) < 4.78 is 5.88. The highest BCUT2D eigenvalue weighted by Gasteiger charge is 2.36. The lowest BCUT2D eigenvalue weighted by atomic mass is 9.97. The molecule has 3 amide bonds. The number of aryl methyl sites for hydroxylation is 1. The van der Waals surface area contributed by atoms with E-state index in [-0.39, 0.29) is 30.2 Å².